The van der Waals surface area contributed by atoms with Crippen LogP contribution < -0.4 is 18.3 Å². The van der Waals surface area contributed by atoms with Crippen molar-refractivity contribution in [3.8, 4) is 33.6 Å². The third-order valence-corrected chi connectivity index (χ3v) is 9.61. The van der Waals surface area contributed by atoms with E-state index in [0.717, 1.165) is 13.1 Å². The van der Waals surface area contributed by atoms with Gasteiger partial charge < -0.3 is 69.1 Å². The largest absolute Gasteiger partial charge is 0.673 e. The summed E-state index contributed by atoms with van der Waals surface area (Å²) in [6.07, 6.45) is 17.4. The Hall–Kier alpha value is -6.60. The highest BCUT2D eigenvalue weighted by Crippen LogP contribution is 2.23. The summed E-state index contributed by atoms with van der Waals surface area (Å²) in [4.78, 5) is 0. The van der Waals surface area contributed by atoms with Gasteiger partial charge in [0.25, 0.3) is 0 Å². The molecule has 0 N–H and O–H groups in total. The SMILES string of the molecule is CC(C)c1ccccc1-[n+]1ccc(-c2cc[n+](Cc3ccccc3C[n+]3ccc(-c4cc[n+](-c5ccccc5C(C)C)cc4)cc3)cc2)cc1.F[B-](F)(F)F.F[B-](F)(F)F.F[B-](F)(F)F.F[B-](F)(F)F. The minimum atomic E-state index is -6.00. The smallest absolute Gasteiger partial charge is 0.418 e. The molecular formula is C46H46B4F16N4. The fourth-order valence-electron chi connectivity index (χ4n) is 6.75. The Kier molecular flexibility index (Phi) is 21.3. The first kappa shape index (κ1) is 57.7. The molecule has 24 heteroatoms. The highest BCUT2D eigenvalue weighted by molar-refractivity contribution is 6.51. The molecule has 0 amide bonds. The van der Waals surface area contributed by atoms with Crippen molar-refractivity contribution in [2.45, 2.75) is 52.6 Å². The Morgan fingerprint density at radius 3 is 0.771 bits per heavy atom. The normalized spacial score (nSPS) is 11.5. The van der Waals surface area contributed by atoms with Gasteiger partial charge in [-0.3, -0.25) is 0 Å². The number of aromatic nitrogens is 4. The summed E-state index contributed by atoms with van der Waals surface area (Å²) in [6, 6.07) is 43.7. The molecule has 7 rings (SSSR count). The maximum Gasteiger partial charge on any atom is 0.673 e. The number of hydrogen-bond acceptors (Lipinski definition) is 0. The van der Waals surface area contributed by atoms with E-state index in [4.69, 9.17) is 0 Å². The number of halogens is 16. The van der Waals surface area contributed by atoms with Gasteiger partial charge >= 0.3 is 29.0 Å². The van der Waals surface area contributed by atoms with Crippen molar-refractivity contribution in [2.75, 3.05) is 0 Å². The molecule has 7 aromatic rings. The van der Waals surface area contributed by atoms with E-state index in [0.29, 0.717) is 11.8 Å². The maximum absolute atomic E-state index is 9.75. The zero-order chi connectivity index (χ0) is 52.5. The molecule has 0 aliphatic rings. The summed E-state index contributed by atoms with van der Waals surface area (Å²) < 4.78 is 165. The van der Waals surface area contributed by atoms with Crippen LogP contribution in [0, 0.1) is 0 Å². The predicted octanol–water partition coefficient (Wildman–Crippen LogP) is 13.7. The van der Waals surface area contributed by atoms with Crippen LogP contribution in [-0.2, 0) is 13.1 Å². The number of rotatable bonds is 10. The third-order valence-electron chi connectivity index (χ3n) is 9.61. The zero-order valence-electron chi connectivity index (χ0n) is 37.9. The van der Waals surface area contributed by atoms with Gasteiger partial charge in [0.2, 0.25) is 11.4 Å². The number of pyridine rings is 4. The lowest BCUT2D eigenvalue weighted by atomic mass is 10.0. The summed E-state index contributed by atoms with van der Waals surface area (Å²) in [5.74, 6) is 0.943. The van der Waals surface area contributed by atoms with Gasteiger partial charge in [-0.1, -0.05) is 88.4 Å². The standard InChI is InChI=1S/C46H46N4.4BF4/c1-35(2)43-13-7-9-15-45(43)49-29-21-39(22-30-49)37-17-25-47(26-18-37)33-41-11-5-6-12-42(41)34-48-27-19-38(20-28-48)40-23-31-50(32-24-40)46-16-10-8-14-44(46)36(3)4;4*2-1(3,4)5/h5-32,35-36H,33-34H2,1-4H3;;;;/q+4;4*-1. The van der Waals surface area contributed by atoms with Crippen LogP contribution in [0.25, 0.3) is 33.6 Å². The van der Waals surface area contributed by atoms with Gasteiger partial charge in [0, 0.05) is 82.9 Å². The molecule has 0 aliphatic heterocycles. The van der Waals surface area contributed by atoms with Crippen molar-refractivity contribution in [3.63, 3.8) is 0 Å². The Labute approximate surface area is 395 Å². The molecule has 3 aromatic carbocycles. The Morgan fingerprint density at radius 2 is 0.529 bits per heavy atom. The molecule has 4 aromatic heterocycles. The van der Waals surface area contributed by atoms with Crippen molar-refractivity contribution in [1.29, 1.82) is 0 Å². The average molecular weight is 1000 g/mol. The number of nitrogens with zero attached hydrogens (tertiary/aromatic N) is 4. The molecule has 374 valence electrons. The lowest BCUT2D eigenvalue weighted by Gasteiger charge is -2.08. The lowest BCUT2D eigenvalue weighted by molar-refractivity contribution is -0.693. The highest BCUT2D eigenvalue weighted by atomic mass is 19.5. The average Bonchev–Trinajstić information content (AvgIpc) is 3.25. The topological polar surface area (TPSA) is 15.5 Å². The first-order valence-electron chi connectivity index (χ1n) is 21.2. The number of para-hydroxylation sites is 2. The molecule has 0 saturated carbocycles. The monoisotopic (exact) mass is 1000 g/mol. The van der Waals surface area contributed by atoms with Crippen molar-refractivity contribution >= 4 is 29.0 Å². The molecule has 0 aliphatic carbocycles. The molecular weight excluding hydrogens is 956 g/mol. The molecule has 70 heavy (non-hydrogen) atoms. The third kappa shape index (κ3) is 23.1. The molecule has 0 fully saturated rings. The van der Waals surface area contributed by atoms with E-state index in [1.165, 1.54) is 55.9 Å². The first-order valence-corrected chi connectivity index (χ1v) is 21.2. The van der Waals surface area contributed by atoms with E-state index in [1.807, 2.05) is 0 Å². The minimum Gasteiger partial charge on any atom is -0.418 e. The minimum absolute atomic E-state index is 0.472. The Bertz CT molecular complexity index is 2410. The van der Waals surface area contributed by atoms with Crippen LogP contribution in [0.2, 0.25) is 0 Å². The number of hydrogen-bond donors (Lipinski definition) is 0. The Morgan fingerprint density at radius 1 is 0.314 bits per heavy atom. The predicted molar refractivity (Wildman–Crippen MR) is 241 cm³/mol. The van der Waals surface area contributed by atoms with Gasteiger partial charge in [0.05, 0.1) is 0 Å². The molecule has 0 saturated heterocycles. The maximum atomic E-state index is 9.75. The van der Waals surface area contributed by atoms with E-state index >= 15 is 0 Å². The van der Waals surface area contributed by atoms with E-state index in [-0.39, 0.29) is 0 Å². The highest BCUT2D eigenvalue weighted by Gasteiger charge is 2.23. The second-order valence-corrected chi connectivity index (χ2v) is 15.7. The van der Waals surface area contributed by atoms with Gasteiger partial charge in [0.1, 0.15) is 0 Å². The van der Waals surface area contributed by atoms with E-state index in [9.17, 15) is 69.1 Å². The van der Waals surface area contributed by atoms with Gasteiger partial charge in [-0.2, -0.15) is 9.13 Å². The summed E-state index contributed by atoms with van der Waals surface area (Å²) in [7, 11) is -24.0. The molecule has 0 spiro atoms. The fourth-order valence-corrected chi connectivity index (χ4v) is 6.75. The van der Waals surface area contributed by atoms with Crippen molar-refractivity contribution in [3.05, 3.63) is 193 Å². The van der Waals surface area contributed by atoms with E-state index < -0.39 is 29.0 Å². The van der Waals surface area contributed by atoms with Gasteiger partial charge in [-0.05, 0) is 34.1 Å². The lowest BCUT2D eigenvalue weighted by Crippen LogP contribution is -2.36. The van der Waals surface area contributed by atoms with Crippen LogP contribution in [0.4, 0.5) is 69.1 Å². The summed E-state index contributed by atoms with van der Waals surface area (Å²) in [6.45, 7) is 10.6. The summed E-state index contributed by atoms with van der Waals surface area (Å²) in [5, 5.41) is 0. The molecule has 0 radical (unpaired) electrons. The van der Waals surface area contributed by atoms with Crippen LogP contribution in [0.3, 0.4) is 0 Å². The van der Waals surface area contributed by atoms with Crippen molar-refractivity contribution in [1.82, 2.24) is 0 Å². The zero-order valence-corrected chi connectivity index (χ0v) is 37.9. The van der Waals surface area contributed by atoms with Crippen LogP contribution in [0.15, 0.2) is 171 Å². The van der Waals surface area contributed by atoms with Gasteiger partial charge in [-0.25, -0.2) is 9.13 Å². The number of benzene rings is 3. The van der Waals surface area contributed by atoms with Gasteiger partial charge in [0.15, 0.2) is 62.7 Å². The van der Waals surface area contributed by atoms with Crippen molar-refractivity contribution in [2.24, 2.45) is 0 Å². The first-order chi connectivity index (χ1) is 32.4. The van der Waals surface area contributed by atoms with Crippen LogP contribution in [0.5, 0.6) is 0 Å². The molecule has 4 heterocycles. The van der Waals surface area contributed by atoms with Gasteiger partial charge in [-0.15, -0.1) is 0 Å². The summed E-state index contributed by atoms with van der Waals surface area (Å²) in [5.41, 5.74) is 12.7. The second-order valence-electron chi connectivity index (χ2n) is 15.7. The van der Waals surface area contributed by atoms with Crippen LogP contribution in [-0.4, -0.2) is 29.0 Å². The fraction of sp³-hybridized carbons (Fsp3) is 0.174. The van der Waals surface area contributed by atoms with E-state index in [2.05, 4.69) is 217 Å². The molecule has 0 unspecified atom stereocenters. The van der Waals surface area contributed by atoms with E-state index in [1.54, 1.807) is 0 Å². The summed E-state index contributed by atoms with van der Waals surface area (Å²) >= 11 is 0. The molecule has 4 nitrogen and oxygen atoms in total. The van der Waals surface area contributed by atoms with Crippen LogP contribution in [0.1, 0.15) is 61.8 Å². The molecule has 0 atom stereocenters. The van der Waals surface area contributed by atoms with Crippen LogP contribution >= 0.6 is 0 Å². The molecule has 0 bridgehead atoms. The quantitative estimate of drug-likeness (QED) is 0.0737. The Balaban J connectivity index is 0.000000548. The second kappa shape index (κ2) is 25.8. The van der Waals surface area contributed by atoms with Crippen molar-refractivity contribution < 1.29 is 87.3 Å².